The van der Waals surface area contributed by atoms with Crippen LogP contribution in [0, 0.1) is 18.3 Å². The van der Waals surface area contributed by atoms with Gasteiger partial charge in [0.05, 0.1) is 17.4 Å². The number of hydrogen-bond donors (Lipinski definition) is 1. The van der Waals surface area contributed by atoms with E-state index in [1.54, 1.807) is 6.07 Å². The number of thioether (sulfide) groups is 1. The second-order valence-electron chi connectivity index (χ2n) is 4.55. The van der Waals surface area contributed by atoms with Gasteiger partial charge in [-0.25, -0.2) is 0 Å². The SMILES string of the molecule is Cc1ccccc1CNC(=O)c1ccccc1SCC#N. The van der Waals surface area contributed by atoms with Crippen molar-refractivity contribution in [3.63, 3.8) is 0 Å². The fourth-order valence-electron chi connectivity index (χ4n) is 1.97. The molecule has 106 valence electrons. The summed E-state index contributed by atoms with van der Waals surface area (Å²) >= 11 is 1.38. The van der Waals surface area contributed by atoms with E-state index in [9.17, 15) is 4.79 Å². The molecule has 0 bridgehead atoms. The van der Waals surface area contributed by atoms with E-state index in [0.717, 1.165) is 16.0 Å². The summed E-state index contributed by atoms with van der Waals surface area (Å²) in [6.07, 6.45) is 0. The van der Waals surface area contributed by atoms with Gasteiger partial charge in [0, 0.05) is 11.4 Å². The molecule has 0 fully saturated rings. The monoisotopic (exact) mass is 296 g/mol. The minimum absolute atomic E-state index is 0.112. The van der Waals surface area contributed by atoms with Crippen LogP contribution in [0.1, 0.15) is 21.5 Å². The van der Waals surface area contributed by atoms with Crippen LogP contribution >= 0.6 is 11.8 Å². The Balaban J connectivity index is 2.07. The van der Waals surface area contributed by atoms with Gasteiger partial charge in [-0.05, 0) is 30.2 Å². The van der Waals surface area contributed by atoms with Crippen LogP contribution in [0.25, 0.3) is 0 Å². The fourth-order valence-corrected chi connectivity index (χ4v) is 2.68. The Morgan fingerprint density at radius 3 is 2.67 bits per heavy atom. The lowest BCUT2D eigenvalue weighted by atomic mass is 10.1. The van der Waals surface area contributed by atoms with Crippen molar-refractivity contribution >= 4 is 17.7 Å². The summed E-state index contributed by atoms with van der Waals surface area (Å²) in [5, 5.41) is 11.6. The van der Waals surface area contributed by atoms with Gasteiger partial charge in [0.1, 0.15) is 0 Å². The number of nitrogens with one attached hydrogen (secondary N) is 1. The van der Waals surface area contributed by atoms with E-state index >= 15 is 0 Å². The first-order valence-electron chi connectivity index (χ1n) is 6.64. The first-order valence-corrected chi connectivity index (χ1v) is 7.62. The summed E-state index contributed by atoms with van der Waals surface area (Å²) in [6, 6.07) is 17.4. The van der Waals surface area contributed by atoms with E-state index in [1.807, 2.05) is 49.4 Å². The van der Waals surface area contributed by atoms with Crippen molar-refractivity contribution in [3.8, 4) is 6.07 Å². The van der Waals surface area contributed by atoms with Gasteiger partial charge >= 0.3 is 0 Å². The largest absolute Gasteiger partial charge is 0.348 e. The number of amides is 1. The van der Waals surface area contributed by atoms with E-state index in [-0.39, 0.29) is 5.91 Å². The molecule has 0 unspecified atom stereocenters. The van der Waals surface area contributed by atoms with Gasteiger partial charge in [-0.3, -0.25) is 4.79 Å². The second kappa shape index (κ2) is 7.51. The molecule has 0 spiro atoms. The van der Waals surface area contributed by atoms with Crippen molar-refractivity contribution in [1.82, 2.24) is 5.32 Å². The Morgan fingerprint density at radius 2 is 1.90 bits per heavy atom. The van der Waals surface area contributed by atoms with Crippen molar-refractivity contribution < 1.29 is 4.79 Å². The number of hydrogen-bond acceptors (Lipinski definition) is 3. The van der Waals surface area contributed by atoms with Crippen LogP contribution in [-0.2, 0) is 6.54 Å². The lowest BCUT2D eigenvalue weighted by Gasteiger charge is -2.10. The second-order valence-corrected chi connectivity index (χ2v) is 5.57. The van der Waals surface area contributed by atoms with Crippen molar-refractivity contribution in [2.75, 3.05) is 5.75 Å². The summed E-state index contributed by atoms with van der Waals surface area (Å²) in [5.74, 6) is 0.224. The first-order chi connectivity index (χ1) is 10.2. The predicted molar refractivity (Wildman–Crippen MR) is 85.1 cm³/mol. The van der Waals surface area contributed by atoms with Crippen LogP contribution in [0.5, 0.6) is 0 Å². The highest BCUT2D eigenvalue weighted by Crippen LogP contribution is 2.22. The number of carbonyl (C=O) groups excluding carboxylic acids is 1. The minimum Gasteiger partial charge on any atom is -0.348 e. The first kappa shape index (κ1) is 15.1. The van der Waals surface area contributed by atoms with E-state index < -0.39 is 0 Å². The molecule has 2 aromatic carbocycles. The average Bonchev–Trinajstić information content (AvgIpc) is 2.52. The maximum absolute atomic E-state index is 12.3. The molecule has 0 aliphatic rings. The highest BCUT2D eigenvalue weighted by Gasteiger charge is 2.11. The maximum Gasteiger partial charge on any atom is 0.252 e. The molecule has 0 aliphatic carbocycles. The Hall–Kier alpha value is -2.25. The third-order valence-corrected chi connectivity index (χ3v) is 4.06. The third kappa shape index (κ3) is 4.11. The van der Waals surface area contributed by atoms with Crippen molar-refractivity contribution in [1.29, 1.82) is 5.26 Å². The van der Waals surface area contributed by atoms with Gasteiger partial charge in [0.25, 0.3) is 5.91 Å². The summed E-state index contributed by atoms with van der Waals surface area (Å²) < 4.78 is 0. The Labute approximate surface area is 129 Å². The lowest BCUT2D eigenvalue weighted by Crippen LogP contribution is -2.23. The molecular weight excluding hydrogens is 280 g/mol. The van der Waals surface area contributed by atoms with Gasteiger partial charge in [-0.15, -0.1) is 11.8 Å². The van der Waals surface area contributed by atoms with E-state index in [1.165, 1.54) is 11.8 Å². The lowest BCUT2D eigenvalue weighted by molar-refractivity contribution is 0.0948. The number of nitriles is 1. The third-order valence-electron chi connectivity index (χ3n) is 3.12. The molecule has 2 rings (SSSR count). The van der Waals surface area contributed by atoms with Gasteiger partial charge in [0.2, 0.25) is 0 Å². The zero-order valence-corrected chi connectivity index (χ0v) is 12.6. The van der Waals surface area contributed by atoms with E-state index in [4.69, 9.17) is 5.26 Å². The molecule has 0 aliphatic heterocycles. The van der Waals surface area contributed by atoms with E-state index in [0.29, 0.717) is 17.9 Å². The van der Waals surface area contributed by atoms with E-state index in [2.05, 4.69) is 11.4 Å². The van der Waals surface area contributed by atoms with Crippen LogP contribution in [0.2, 0.25) is 0 Å². The summed E-state index contributed by atoms with van der Waals surface area (Å²) in [4.78, 5) is 13.1. The Morgan fingerprint density at radius 1 is 1.19 bits per heavy atom. The average molecular weight is 296 g/mol. The highest BCUT2D eigenvalue weighted by atomic mass is 32.2. The topological polar surface area (TPSA) is 52.9 Å². The zero-order valence-electron chi connectivity index (χ0n) is 11.8. The molecule has 1 N–H and O–H groups in total. The molecule has 0 atom stereocenters. The van der Waals surface area contributed by atoms with Gasteiger partial charge in [-0.2, -0.15) is 5.26 Å². The predicted octanol–water partition coefficient (Wildman–Crippen LogP) is 3.54. The maximum atomic E-state index is 12.3. The van der Waals surface area contributed by atoms with Crippen molar-refractivity contribution in [3.05, 3.63) is 65.2 Å². The molecule has 1 amide bonds. The van der Waals surface area contributed by atoms with Gasteiger partial charge in [-0.1, -0.05) is 36.4 Å². The molecule has 0 heterocycles. The smallest absolute Gasteiger partial charge is 0.252 e. The summed E-state index contributed by atoms with van der Waals surface area (Å²) in [7, 11) is 0. The van der Waals surface area contributed by atoms with Crippen LogP contribution in [0.4, 0.5) is 0 Å². The Bertz CT molecular complexity index is 676. The Kier molecular flexibility index (Phi) is 5.42. The fraction of sp³-hybridized carbons (Fsp3) is 0.176. The highest BCUT2D eigenvalue weighted by molar-refractivity contribution is 7.99. The molecule has 0 saturated heterocycles. The molecule has 3 nitrogen and oxygen atoms in total. The quantitative estimate of drug-likeness (QED) is 0.859. The van der Waals surface area contributed by atoms with Crippen molar-refractivity contribution in [2.24, 2.45) is 0 Å². The minimum atomic E-state index is -0.112. The van der Waals surface area contributed by atoms with Crippen LogP contribution < -0.4 is 5.32 Å². The van der Waals surface area contributed by atoms with Crippen LogP contribution in [0.15, 0.2) is 53.4 Å². The standard InChI is InChI=1S/C17H16N2OS/c1-13-6-2-3-7-14(13)12-19-17(20)15-8-4-5-9-16(15)21-11-10-18/h2-9H,11-12H2,1H3,(H,19,20). The normalized spacial score (nSPS) is 9.90. The number of rotatable bonds is 5. The molecule has 0 saturated carbocycles. The summed E-state index contributed by atoms with van der Waals surface area (Å²) in [5.41, 5.74) is 2.88. The van der Waals surface area contributed by atoms with Crippen LogP contribution in [0.3, 0.4) is 0 Å². The number of benzene rings is 2. The van der Waals surface area contributed by atoms with Crippen molar-refractivity contribution in [2.45, 2.75) is 18.4 Å². The molecule has 4 heteroatoms. The number of carbonyl (C=O) groups is 1. The zero-order chi connectivity index (χ0) is 15.1. The van der Waals surface area contributed by atoms with Gasteiger partial charge in [0.15, 0.2) is 0 Å². The molecule has 2 aromatic rings. The number of nitrogens with zero attached hydrogens (tertiary/aromatic N) is 1. The molecular formula is C17H16N2OS. The molecule has 0 aromatic heterocycles. The number of aryl methyl sites for hydroxylation is 1. The summed E-state index contributed by atoms with van der Waals surface area (Å²) in [6.45, 7) is 2.53. The molecule has 21 heavy (non-hydrogen) atoms. The van der Waals surface area contributed by atoms with Gasteiger partial charge < -0.3 is 5.32 Å². The van der Waals surface area contributed by atoms with Crippen LogP contribution in [-0.4, -0.2) is 11.7 Å². The molecule has 0 radical (unpaired) electrons.